The molecule has 1 aromatic carbocycles. The van der Waals surface area contributed by atoms with Gasteiger partial charge in [-0.25, -0.2) is 13.2 Å². The highest BCUT2D eigenvalue weighted by atomic mass is 32.2. The normalized spacial score (nSPS) is 14.3. The van der Waals surface area contributed by atoms with Gasteiger partial charge in [0.2, 0.25) is 0 Å². The molecular formula is C13H17NO6S. The Morgan fingerprint density at radius 1 is 1.38 bits per heavy atom. The molecule has 0 aliphatic heterocycles. The maximum Gasteiger partial charge on any atom is 0.335 e. The zero-order valence-corrected chi connectivity index (χ0v) is 12.2. The standard InChI is InChI=1S/C13H17NO6S/c15-13(16)10-3-4-11(6-14-8-20-21(17)18)12(5-10)19-7-9-1-2-9/h3-5,9,14,21H,1-2,6-8H2,(H,15,16). The monoisotopic (exact) mass is 315 g/mol. The molecule has 1 aliphatic rings. The van der Waals surface area contributed by atoms with Gasteiger partial charge in [0.1, 0.15) is 12.5 Å². The summed E-state index contributed by atoms with van der Waals surface area (Å²) in [4.78, 5) is 11.0. The van der Waals surface area contributed by atoms with Gasteiger partial charge in [-0.2, -0.15) is 0 Å². The van der Waals surface area contributed by atoms with Crippen LogP contribution in [0.15, 0.2) is 18.2 Å². The number of carboxylic acid groups (broad SMARTS) is 1. The molecule has 8 heteroatoms. The van der Waals surface area contributed by atoms with E-state index >= 15 is 0 Å². The second-order valence-electron chi connectivity index (χ2n) is 4.81. The molecule has 21 heavy (non-hydrogen) atoms. The van der Waals surface area contributed by atoms with Crippen LogP contribution in [0, 0.1) is 5.92 Å². The van der Waals surface area contributed by atoms with Crippen molar-refractivity contribution in [2.75, 3.05) is 13.3 Å². The molecule has 1 aliphatic carbocycles. The number of carbonyl (C=O) groups is 1. The second-order valence-corrected chi connectivity index (χ2v) is 5.51. The molecule has 0 amide bonds. The molecule has 0 aromatic heterocycles. The van der Waals surface area contributed by atoms with Crippen molar-refractivity contribution in [1.29, 1.82) is 0 Å². The summed E-state index contributed by atoms with van der Waals surface area (Å²) in [7, 11) is -2.88. The number of hydrogen-bond acceptors (Lipinski definition) is 6. The largest absolute Gasteiger partial charge is 0.493 e. The predicted molar refractivity (Wildman–Crippen MR) is 74.7 cm³/mol. The van der Waals surface area contributed by atoms with Crippen molar-refractivity contribution in [2.24, 2.45) is 5.92 Å². The molecule has 0 heterocycles. The number of benzene rings is 1. The van der Waals surface area contributed by atoms with Crippen LogP contribution in [-0.2, 0) is 21.7 Å². The van der Waals surface area contributed by atoms with Crippen molar-refractivity contribution >= 4 is 17.0 Å². The Balaban J connectivity index is 2.00. The predicted octanol–water partition coefficient (Wildman–Crippen LogP) is 0.764. The van der Waals surface area contributed by atoms with Crippen LogP contribution in [0.3, 0.4) is 0 Å². The van der Waals surface area contributed by atoms with Gasteiger partial charge in [0.15, 0.2) is 0 Å². The summed E-state index contributed by atoms with van der Waals surface area (Å²) in [6, 6.07) is 4.62. The highest BCUT2D eigenvalue weighted by Crippen LogP contribution is 2.30. The molecule has 2 rings (SSSR count). The van der Waals surface area contributed by atoms with Crippen molar-refractivity contribution in [2.45, 2.75) is 19.4 Å². The number of ether oxygens (including phenoxy) is 1. The first kappa shape index (κ1) is 15.7. The van der Waals surface area contributed by atoms with Crippen LogP contribution in [0.25, 0.3) is 0 Å². The maximum atomic E-state index is 11.0. The van der Waals surface area contributed by atoms with Crippen LogP contribution in [-0.4, -0.2) is 32.8 Å². The van der Waals surface area contributed by atoms with E-state index in [2.05, 4.69) is 9.50 Å². The zero-order chi connectivity index (χ0) is 15.2. The van der Waals surface area contributed by atoms with Crippen molar-refractivity contribution in [3.8, 4) is 5.75 Å². The summed E-state index contributed by atoms with van der Waals surface area (Å²) in [5.41, 5.74) is 0.911. The first-order chi connectivity index (χ1) is 10.1. The van der Waals surface area contributed by atoms with Gasteiger partial charge >= 0.3 is 5.97 Å². The summed E-state index contributed by atoms with van der Waals surface area (Å²) in [5, 5.41) is 11.8. The number of aromatic carboxylic acids is 1. The quantitative estimate of drug-likeness (QED) is 0.351. The third kappa shape index (κ3) is 5.33. The number of hydrogen-bond donors (Lipinski definition) is 3. The smallest absolute Gasteiger partial charge is 0.335 e. The van der Waals surface area contributed by atoms with Gasteiger partial charge in [0.25, 0.3) is 11.0 Å². The summed E-state index contributed by atoms with van der Waals surface area (Å²) in [5.74, 6) is 0.0328. The molecule has 1 fully saturated rings. The molecule has 0 atom stereocenters. The Hall–Kier alpha value is -1.64. The van der Waals surface area contributed by atoms with E-state index in [4.69, 9.17) is 9.84 Å². The lowest BCUT2D eigenvalue weighted by atomic mass is 10.1. The minimum atomic E-state index is -2.88. The van der Waals surface area contributed by atoms with Crippen molar-refractivity contribution in [3.05, 3.63) is 29.3 Å². The topological polar surface area (TPSA) is 102 Å². The molecule has 0 radical (unpaired) electrons. The van der Waals surface area contributed by atoms with Gasteiger partial charge in [-0.05, 0) is 30.9 Å². The van der Waals surface area contributed by atoms with E-state index in [1.165, 1.54) is 12.1 Å². The third-order valence-corrected chi connectivity index (χ3v) is 3.41. The van der Waals surface area contributed by atoms with Crippen LogP contribution >= 0.6 is 0 Å². The Labute approximate surface area is 124 Å². The lowest BCUT2D eigenvalue weighted by Crippen LogP contribution is -2.18. The summed E-state index contributed by atoms with van der Waals surface area (Å²) in [6.07, 6.45) is 2.27. The third-order valence-electron chi connectivity index (χ3n) is 3.07. The minimum Gasteiger partial charge on any atom is -0.493 e. The Kier molecular flexibility index (Phi) is 5.54. The SMILES string of the molecule is O=C(O)c1ccc(CNCO[SH](=O)=O)c(OCC2CC2)c1. The molecule has 1 aromatic rings. The average molecular weight is 315 g/mol. The summed E-state index contributed by atoms with van der Waals surface area (Å²) < 4.78 is 30.6. The van der Waals surface area contributed by atoms with Gasteiger partial charge < -0.3 is 9.84 Å². The van der Waals surface area contributed by atoms with E-state index in [0.717, 1.165) is 18.4 Å². The van der Waals surface area contributed by atoms with Gasteiger partial charge in [-0.15, -0.1) is 0 Å². The molecule has 1 saturated carbocycles. The van der Waals surface area contributed by atoms with E-state index in [9.17, 15) is 13.2 Å². The lowest BCUT2D eigenvalue weighted by molar-refractivity contribution is 0.0696. The number of rotatable bonds is 9. The fourth-order valence-corrected chi connectivity index (χ4v) is 1.94. The first-order valence-corrected chi connectivity index (χ1v) is 7.63. The molecular weight excluding hydrogens is 298 g/mol. The Morgan fingerprint density at radius 3 is 2.76 bits per heavy atom. The van der Waals surface area contributed by atoms with E-state index in [0.29, 0.717) is 24.8 Å². The fourth-order valence-electron chi connectivity index (χ4n) is 1.74. The number of nitrogens with one attached hydrogen (secondary N) is 1. The van der Waals surface area contributed by atoms with Crippen LogP contribution < -0.4 is 10.1 Å². The fraction of sp³-hybridized carbons (Fsp3) is 0.462. The number of thiol groups is 1. The van der Waals surface area contributed by atoms with Crippen molar-refractivity contribution < 1.29 is 27.2 Å². The van der Waals surface area contributed by atoms with Gasteiger partial charge in [-0.1, -0.05) is 6.07 Å². The molecule has 7 nitrogen and oxygen atoms in total. The summed E-state index contributed by atoms with van der Waals surface area (Å²) >= 11 is 0. The van der Waals surface area contributed by atoms with Crippen molar-refractivity contribution in [3.63, 3.8) is 0 Å². The van der Waals surface area contributed by atoms with E-state index < -0.39 is 17.0 Å². The zero-order valence-electron chi connectivity index (χ0n) is 11.3. The average Bonchev–Trinajstić information content (AvgIpc) is 3.25. The lowest BCUT2D eigenvalue weighted by Gasteiger charge is -2.12. The first-order valence-electron chi connectivity index (χ1n) is 6.53. The highest BCUT2D eigenvalue weighted by Gasteiger charge is 2.22. The molecule has 0 saturated heterocycles. The van der Waals surface area contributed by atoms with Gasteiger partial charge in [0, 0.05) is 12.1 Å². The second kappa shape index (κ2) is 7.39. The van der Waals surface area contributed by atoms with E-state index in [-0.39, 0.29) is 12.3 Å². The van der Waals surface area contributed by atoms with Crippen LogP contribution in [0.1, 0.15) is 28.8 Å². The molecule has 0 bridgehead atoms. The van der Waals surface area contributed by atoms with Crippen LogP contribution in [0.4, 0.5) is 0 Å². The van der Waals surface area contributed by atoms with Gasteiger partial charge in [-0.3, -0.25) is 9.50 Å². The van der Waals surface area contributed by atoms with E-state index in [1.54, 1.807) is 6.07 Å². The Bertz CT molecular complexity index is 574. The Morgan fingerprint density at radius 2 is 2.14 bits per heavy atom. The van der Waals surface area contributed by atoms with Crippen LogP contribution in [0.5, 0.6) is 5.75 Å². The van der Waals surface area contributed by atoms with Crippen molar-refractivity contribution in [1.82, 2.24) is 5.32 Å². The van der Waals surface area contributed by atoms with E-state index in [1.807, 2.05) is 0 Å². The van der Waals surface area contributed by atoms with Gasteiger partial charge in [0.05, 0.1) is 12.2 Å². The summed E-state index contributed by atoms with van der Waals surface area (Å²) in [6.45, 7) is 0.753. The maximum absolute atomic E-state index is 11.0. The minimum absolute atomic E-state index is 0.137. The molecule has 116 valence electrons. The molecule has 0 unspecified atom stereocenters. The molecule has 0 spiro atoms. The molecule has 2 N–H and O–H groups in total. The highest BCUT2D eigenvalue weighted by molar-refractivity contribution is 7.67. The van der Waals surface area contributed by atoms with Crippen LogP contribution in [0.2, 0.25) is 0 Å². The number of carboxylic acids is 1.